The molecule has 1 aromatic heterocycles. The minimum atomic E-state index is -1.04. The molecule has 0 radical (unpaired) electrons. The summed E-state index contributed by atoms with van der Waals surface area (Å²) in [5, 5.41) is 11.5. The first-order valence-electron chi connectivity index (χ1n) is 5.15. The van der Waals surface area contributed by atoms with Crippen molar-refractivity contribution in [2.75, 3.05) is 11.9 Å². The molecule has 17 heavy (non-hydrogen) atoms. The second-order valence-electron chi connectivity index (χ2n) is 3.76. The Morgan fingerprint density at radius 3 is 2.71 bits per heavy atom. The van der Waals surface area contributed by atoms with Gasteiger partial charge in [-0.15, -0.1) is 0 Å². The fourth-order valence-electron chi connectivity index (χ4n) is 1.21. The third-order valence-electron chi connectivity index (χ3n) is 2.12. The summed E-state index contributed by atoms with van der Waals surface area (Å²) in [4.78, 5) is 25.3. The molecule has 92 valence electrons. The van der Waals surface area contributed by atoms with Crippen molar-refractivity contribution < 1.29 is 14.7 Å². The molecule has 0 aromatic carbocycles. The van der Waals surface area contributed by atoms with Gasteiger partial charge in [0.15, 0.2) is 0 Å². The zero-order valence-electron chi connectivity index (χ0n) is 9.51. The summed E-state index contributed by atoms with van der Waals surface area (Å²) in [6.07, 6.45) is 1.78. The normalized spacial score (nSPS) is 11.9. The molecule has 0 aliphatic heterocycles. The van der Waals surface area contributed by atoms with E-state index in [4.69, 9.17) is 10.8 Å². The number of hydrogen-bond donors (Lipinski definition) is 3. The molecule has 0 bridgehead atoms. The van der Waals surface area contributed by atoms with E-state index in [1.54, 1.807) is 18.3 Å². The van der Waals surface area contributed by atoms with E-state index < -0.39 is 12.0 Å². The van der Waals surface area contributed by atoms with E-state index in [-0.39, 0.29) is 18.7 Å². The zero-order valence-corrected chi connectivity index (χ0v) is 9.51. The minimum absolute atomic E-state index is 0.0174. The van der Waals surface area contributed by atoms with E-state index in [9.17, 15) is 9.59 Å². The third kappa shape index (κ3) is 4.60. The lowest BCUT2D eigenvalue weighted by molar-refractivity contribution is -0.138. The molecule has 1 aromatic rings. The number of carboxylic acid groups (broad SMARTS) is 1. The van der Waals surface area contributed by atoms with Crippen LogP contribution in [0.4, 0.5) is 5.82 Å². The van der Waals surface area contributed by atoms with Gasteiger partial charge in [-0.25, -0.2) is 4.98 Å². The van der Waals surface area contributed by atoms with Gasteiger partial charge < -0.3 is 16.2 Å². The highest BCUT2D eigenvalue weighted by Gasteiger charge is 2.12. The van der Waals surface area contributed by atoms with Crippen LogP contribution in [-0.4, -0.2) is 34.4 Å². The van der Waals surface area contributed by atoms with E-state index in [0.717, 1.165) is 5.56 Å². The molecule has 0 unspecified atom stereocenters. The highest BCUT2D eigenvalue weighted by Crippen LogP contribution is 2.06. The average molecular weight is 237 g/mol. The number of carbonyl (C=O) groups is 2. The smallest absolute Gasteiger partial charge is 0.320 e. The fraction of sp³-hybridized carbons (Fsp3) is 0.364. The lowest BCUT2D eigenvalue weighted by Gasteiger charge is -2.07. The van der Waals surface area contributed by atoms with E-state index in [1.807, 2.05) is 0 Å². The van der Waals surface area contributed by atoms with Crippen LogP contribution >= 0.6 is 0 Å². The molecular formula is C11H15N3O3. The average Bonchev–Trinajstić information content (AvgIpc) is 2.28. The second-order valence-corrected chi connectivity index (χ2v) is 3.76. The topological polar surface area (TPSA) is 105 Å². The van der Waals surface area contributed by atoms with Crippen molar-refractivity contribution in [2.24, 2.45) is 5.73 Å². The van der Waals surface area contributed by atoms with Crippen molar-refractivity contribution in [3.63, 3.8) is 0 Å². The molecule has 6 heteroatoms. The van der Waals surface area contributed by atoms with Gasteiger partial charge in [0.25, 0.3) is 0 Å². The number of hydrogen-bond acceptors (Lipinski definition) is 5. The number of ketones is 1. The standard InChI is InChI=1S/C11H15N3O3/c1-7(15)5-13-10-3-2-8(6-14-10)4-9(12)11(16)17/h2-3,6,9H,4-5,12H2,1H3,(H,13,14)(H,16,17)/t9-/m0/s1. The van der Waals surface area contributed by atoms with Crippen molar-refractivity contribution in [1.82, 2.24) is 4.98 Å². The number of rotatable bonds is 6. The van der Waals surface area contributed by atoms with Gasteiger partial charge >= 0.3 is 5.97 Å². The lowest BCUT2D eigenvalue weighted by atomic mass is 10.1. The van der Waals surface area contributed by atoms with Crippen LogP contribution in [-0.2, 0) is 16.0 Å². The Balaban J connectivity index is 2.55. The molecule has 0 saturated carbocycles. The summed E-state index contributed by atoms with van der Waals surface area (Å²) >= 11 is 0. The molecule has 0 saturated heterocycles. The highest BCUT2D eigenvalue weighted by atomic mass is 16.4. The maximum Gasteiger partial charge on any atom is 0.320 e. The largest absolute Gasteiger partial charge is 0.480 e. The summed E-state index contributed by atoms with van der Waals surface area (Å²) in [6, 6.07) is 2.50. The van der Waals surface area contributed by atoms with E-state index >= 15 is 0 Å². The van der Waals surface area contributed by atoms with Crippen molar-refractivity contribution >= 4 is 17.6 Å². The van der Waals surface area contributed by atoms with Gasteiger partial charge in [-0.2, -0.15) is 0 Å². The molecule has 6 nitrogen and oxygen atoms in total. The lowest BCUT2D eigenvalue weighted by Crippen LogP contribution is -2.32. The van der Waals surface area contributed by atoms with E-state index in [0.29, 0.717) is 5.82 Å². The molecule has 0 aliphatic carbocycles. The fourth-order valence-corrected chi connectivity index (χ4v) is 1.21. The predicted octanol–water partition coefficient (Wildman–Crippen LogP) is 0.0369. The van der Waals surface area contributed by atoms with Crippen LogP contribution in [0.3, 0.4) is 0 Å². The van der Waals surface area contributed by atoms with Crippen LogP contribution in [0.2, 0.25) is 0 Å². The number of nitrogens with zero attached hydrogens (tertiary/aromatic N) is 1. The number of Topliss-reactive ketones (excluding diaryl/α,β-unsaturated/α-hetero) is 1. The van der Waals surface area contributed by atoms with Gasteiger partial charge in [-0.3, -0.25) is 9.59 Å². The Bertz CT molecular complexity index is 403. The van der Waals surface area contributed by atoms with Crippen LogP contribution in [0.15, 0.2) is 18.3 Å². The molecule has 1 rings (SSSR count). The van der Waals surface area contributed by atoms with Crippen molar-refractivity contribution in [1.29, 1.82) is 0 Å². The quantitative estimate of drug-likeness (QED) is 0.645. The van der Waals surface area contributed by atoms with Crippen LogP contribution in [0.5, 0.6) is 0 Å². The Hall–Kier alpha value is -1.95. The van der Waals surface area contributed by atoms with Crippen molar-refractivity contribution in [2.45, 2.75) is 19.4 Å². The second kappa shape index (κ2) is 5.95. The number of aromatic nitrogens is 1. The van der Waals surface area contributed by atoms with Crippen LogP contribution < -0.4 is 11.1 Å². The molecule has 0 amide bonds. The van der Waals surface area contributed by atoms with E-state index in [2.05, 4.69) is 10.3 Å². The molecule has 1 atom stereocenters. The van der Waals surface area contributed by atoms with Gasteiger partial charge in [-0.05, 0) is 25.0 Å². The molecular weight excluding hydrogens is 222 g/mol. The number of carboxylic acids is 1. The number of anilines is 1. The predicted molar refractivity (Wildman–Crippen MR) is 62.7 cm³/mol. The molecule has 4 N–H and O–H groups in total. The minimum Gasteiger partial charge on any atom is -0.480 e. The van der Waals surface area contributed by atoms with Gasteiger partial charge in [0.2, 0.25) is 0 Å². The SMILES string of the molecule is CC(=O)CNc1ccc(C[C@H](N)C(=O)O)cn1. The van der Waals surface area contributed by atoms with Gasteiger partial charge in [0.1, 0.15) is 17.6 Å². The Labute approximate surface area is 98.8 Å². The summed E-state index contributed by atoms with van der Waals surface area (Å²) in [6.45, 7) is 1.70. The maximum atomic E-state index is 10.7. The van der Waals surface area contributed by atoms with Crippen molar-refractivity contribution in [3.05, 3.63) is 23.9 Å². The molecule has 0 spiro atoms. The number of nitrogens with one attached hydrogen (secondary N) is 1. The Kier molecular flexibility index (Phi) is 4.59. The van der Waals surface area contributed by atoms with Crippen molar-refractivity contribution in [3.8, 4) is 0 Å². The first-order valence-corrected chi connectivity index (χ1v) is 5.15. The van der Waals surface area contributed by atoms with Gasteiger partial charge in [0, 0.05) is 6.20 Å². The highest BCUT2D eigenvalue weighted by molar-refractivity contribution is 5.80. The van der Waals surface area contributed by atoms with Crippen LogP contribution in [0.25, 0.3) is 0 Å². The number of aliphatic carboxylic acids is 1. The number of pyridine rings is 1. The summed E-state index contributed by atoms with van der Waals surface area (Å²) in [7, 11) is 0. The van der Waals surface area contributed by atoms with Crippen LogP contribution in [0.1, 0.15) is 12.5 Å². The number of carbonyl (C=O) groups excluding carboxylic acids is 1. The first kappa shape index (κ1) is 13.1. The van der Waals surface area contributed by atoms with E-state index in [1.165, 1.54) is 6.92 Å². The van der Waals surface area contributed by atoms with Gasteiger partial charge in [-0.1, -0.05) is 6.07 Å². The third-order valence-corrected chi connectivity index (χ3v) is 2.12. The van der Waals surface area contributed by atoms with Gasteiger partial charge in [0.05, 0.1) is 6.54 Å². The first-order chi connectivity index (χ1) is 7.99. The zero-order chi connectivity index (χ0) is 12.8. The summed E-state index contributed by atoms with van der Waals surface area (Å²) < 4.78 is 0. The Morgan fingerprint density at radius 2 is 2.24 bits per heavy atom. The monoisotopic (exact) mass is 237 g/mol. The molecule has 0 aliphatic rings. The van der Waals surface area contributed by atoms with Crippen LogP contribution in [0, 0.1) is 0 Å². The maximum absolute atomic E-state index is 10.7. The number of nitrogens with two attached hydrogens (primary N) is 1. The molecule has 1 heterocycles. The summed E-state index contributed by atoms with van der Waals surface area (Å²) in [5.41, 5.74) is 6.14. The Morgan fingerprint density at radius 1 is 1.53 bits per heavy atom. The molecule has 0 fully saturated rings. The summed E-state index contributed by atoms with van der Waals surface area (Å²) in [5.74, 6) is -0.444.